The Bertz CT molecular complexity index is 33.8. The van der Waals surface area contributed by atoms with E-state index >= 15 is 0 Å². The molecule has 0 aliphatic rings. The Morgan fingerprint density at radius 1 is 1.33 bits per heavy atom. The van der Waals surface area contributed by atoms with Gasteiger partial charge in [-0.05, 0) is 6.16 Å². The van der Waals surface area contributed by atoms with Gasteiger partial charge < -0.3 is 15.0 Å². The summed E-state index contributed by atoms with van der Waals surface area (Å²) in [6.45, 7) is 0. The first-order chi connectivity index (χ1) is 1.73. The van der Waals surface area contributed by atoms with Crippen LogP contribution < -0.4 is 10.2 Å². The molecular formula is CMgO3Pd. The van der Waals surface area contributed by atoms with E-state index in [0.29, 0.717) is 0 Å². The van der Waals surface area contributed by atoms with Crippen LogP contribution in [0.4, 0.5) is 4.79 Å². The fourth-order valence-electron chi connectivity index (χ4n) is 0. The van der Waals surface area contributed by atoms with Crippen molar-refractivity contribution in [1.82, 2.24) is 0 Å². The minimum atomic E-state index is -2.33. The molecule has 0 aliphatic heterocycles. The summed E-state index contributed by atoms with van der Waals surface area (Å²) in [7, 11) is 0. The molecule has 3 nitrogen and oxygen atoms in total. The fourth-order valence-corrected chi connectivity index (χ4v) is 0. The summed E-state index contributed by atoms with van der Waals surface area (Å²) in [6.07, 6.45) is -2.33. The minimum Gasteiger partial charge on any atom is -0.652 e. The monoisotopic (exact) mass is 190 g/mol. The molecule has 0 saturated heterocycles. The molecule has 0 aromatic carbocycles. The second-order valence-corrected chi connectivity index (χ2v) is 0.250. The topological polar surface area (TPSA) is 63.2 Å². The molecule has 0 aliphatic carbocycles. The number of hydrogen-bond donors (Lipinski definition) is 0. The predicted molar refractivity (Wildman–Crippen MR) is 11.1 cm³/mol. The quantitative estimate of drug-likeness (QED) is 0.387. The van der Waals surface area contributed by atoms with Crippen molar-refractivity contribution in [3.05, 3.63) is 0 Å². The van der Waals surface area contributed by atoms with E-state index < -0.39 is 6.16 Å². The largest absolute Gasteiger partial charge is 2.00 e. The van der Waals surface area contributed by atoms with Crippen LogP contribution in [0.15, 0.2) is 0 Å². The molecule has 0 amide bonds. The Kier molecular flexibility index (Phi) is 24.4. The van der Waals surface area contributed by atoms with Crippen LogP contribution in [0.25, 0.3) is 0 Å². The van der Waals surface area contributed by atoms with E-state index in [1.165, 1.54) is 0 Å². The number of hydrogen-bond acceptors (Lipinski definition) is 3. The van der Waals surface area contributed by atoms with Crippen molar-refractivity contribution in [2.75, 3.05) is 0 Å². The van der Waals surface area contributed by atoms with Crippen LogP contribution >= 0.6 is 0 Å². The van der Waals surface area contributed by atoms with Gasteiger partial charge in [-0.15, -0.1) is 0 Å². The van der Waals surface area contributed by atoms with Crippen LogP contribution in [0.2, 0.25) is 0 Å². The molecule has 0 saturated carbocycles. The number of carbonyl (C=O) groups is 1. The number of carboxylic acid groups (broad SMARTS) is 2. The Hall–Kier alpha value is 0.699. The number of rotatable bonds is 0. The Morgan fingerprint density at radius 3 is 1.33 bits per heavy atom. The normalized spacial score (nSPS) is 4.00. The van der Waals surface area contributed by atoms with Crippen LogP contribution in [0.1, 0.15) is 0 Å². The third-order valence-corrected chi connectivity index (χ3v) is 0. The maximum Gasteiger partial charge on any atom is 2.00 e. The van der Waals surface area contributed by atoms with Crippen LogP contribution in [0.3, 0.4) is 0 Å². The van der Waals surface area contributed by atoms with E-state index in [2.05, 4.69) is 0 Å². The van der Waals surface area contributed by atoms with Crippen molar-refractivity contribution in [3.63, 3.8) is 0 Å². The molecule has 0 N–H and O–H groups in total. The molecule has 5 heteroatoms. The van der Waals surface area contributed by atoms with Crippen LogP contribution in [0, 0.1) is 0 Å². The molecule has 0 aromatic heterocycles. The van der Waals surface area contributed by atoms with Gasteiger partial charge in [-0.1, -0.05) is 0 Å². The Labute approximate surface area is 64.5 Å². The second kappa shape index (κ2) is 9.20. The average Bonchev–Trinajstić information content (AvgIpc) is 0.811. The van der Waals surface area contributed by atoms with Gasteiger partial charge >= 0.3 is 23.1 Å². The summed E-state index contributed by atoms with van der Waals surface area (Å²) in [5, 5.41) is 16.7. The molecule has 0 atom stereocenters. The molecule has 6 heavy (non-hydrogen) atoms. The van der Waals surface area contributed by atoms with Gasteiger partial charge in [0.1, 0.15) is 0 Å². The van der Waals surface area contributed by atoms with E-state index in [9.17, 15) is 0 Å². The standard InChI is InChI=1S/CH2O3.Mg.Pd/c2-1(3)4;;/h(H2,2,3,4);;/q;+2;/p-2. The van der Waals surface area contributed by atoms with Crippen molar-refractivity contribution in [2.45, 2.75) is 0 Å². The smallest absolute Gasteiger partial charge is 0.652 e. The molecule has 0 radical (unpaired) electrons. The van der Waals surface area contributed by atoms with E-state index in [1.54, 1.807) is 0 Å². The van der Waals surface area contributed by atoms with Gasteiger partial charge in [-0.3, -0.25) is 0 Å². The van der Waals surface area contributed by atoms with Crippen molar-refractivity contribution < 1.29 is 35.4 Å². The average molecular weight is 191 g/mol. The van der Waals surface area contributed by atoms with Crippen molar-refractivity contribution in [3.8, 4) is 0 Å². The molecule has 0 unspecified atom stereocenters. The third-order valence-electron chi connectivity index (χ3n) is 0. The van der Waals surface area contributed by atoms with Crippen LogP contribution in [-0.2, 0) is 20.4 Å². The predicted octanol–water partition coefficient (Wildman–Crippen LogP) is -2.83. The molecule has 0 aromatic rings. The summed E-state index contributed by atoms with van der Waals surface area (Å²) in [4.78, 5) is 8.33. The Balaban J connectivity index is -0.0000000450. The molecule has 34 valence electrons. The van der Waals surface area contributed by atoms with Gasteiger partial charge in [-0.25, -0.2) is 0 Å². The second-order valence-electron chi connectivity index (χ2n) is 0.250. The molecule has 0 spiro atoms. The molecule has 0 fully saturated rings. The molecular weight excluding hydrogens is 191 g/mol. The van der Waals surface area contributed by atoms with Crippen LogP contribution in [-0.4, -0.2) is 29.2 Å². The zero-order valence-corrected chi connectivity index (χ0v) is 5.72. The first kappa shape index (κ1) is 15.9. The van der Waals surface area contributed by atoms with Crippen molar-refractivity contribution in [1.29, 1.82) is 0 Å². The van der Waals surface area contributed by atoms with E-state index in [1.807, 2.05) is 0 Å². The summed E-state index contributed by atoms with van der Waals surface area (Å²) in [5.41, 5.74) is 0. The van der Waals surface area contributed by atoms with Crippen LogP contribution in [0.5, 0.6) is 0 Å². The minimum absolute atomic E-state index is 0. The van der Waals surface area contributed by atoms with Crippen molar-refractivity contribution >= 4 is 29.2 Å². The third kappa shape index (κ3) is 132. The maximum atomic E-state index is 8.33. The fraction of sp³-hybridized carbons (Fsp3) is 0. The van der Waals surface area contributed by atoms with Gasteiger partial charge in [0, 0.05) is 20.4 Å². The van der Waals surface area contributed by atoms with Gasteiger partial charge in [0.05, 0.1) is 0 Å². The molecule has 0 bridgehead atoms. The maximum absolute atomic E-state index is 8.33. The zero-order chi connectivity index (χ0) is 3.58. The van der Waals surface area contributed by atoms with E-state index in [4.69, 9.17) is 15.0 Å². The van der Waals surface area contributed by atoms with E-state index in [0.717, 1.165) is 0 Å². The molecule has 0 rings (SSSR count). The van der Waals surface area contributed by atoms with Gasteiger partial charge in [0.15, 0.2) is 0 Å². The number of carbonyl (C=O) groups excluding carboxylic acids is 1. The van der Waals surface area contributed by atoms with Gasteiger partial charge in [0.25, 0.3) is 0 Å². The summed E-state index contributed by atoms with van der Waals surface area (Å²) in [5.74, 6) is 0. The van der Waals surface area contributed by atoms with E-state index in [-0.39, 0.29) is 43.5 Å². The van der Waals surface area contributed by atoms with Gasteiger partial charge in [0.2, 0.25) is 0 Å². The zero-order valence-electron chi connectivity index (χ0n) is 2.75. The summed E-state index contributed by atoms with van der Waals surface area (Å²) in [6, 6.07) is 0. The SMILES string of the molecule is O=C([O-])[O-].[Mg+2].[Pd]. The summed E-state index contributed by atoms with van der Waals surface area (Å²) >= 11 is 0. The Morgan fingerprint density at radius 2 is 1.33 bits per heavy atom. The summed E-state index contributed by atoms with van der Waals surface area (Å²) < 4.78 is 0. The van der Waals surface area contributed by atoms with Gasteiger partial charge in [-0.2, -0.15) is 0 Å². The molecule has 0 heterocycles. The van der Waals surface area contributed by atoms with Crippen molar-refractivity contribution in [2.24, 2.45) is 0 Å². The first-order valence-corrected chi connectivity index (χ1v) is 0.612. The first-order valence-electron chi connectivity index (χ1n) is 0.612.